The van der Waals surface area contributed by atoms with Crippen molar-refractivity contribution in [3.8, 4) is 0 Å². The molecule has 112 valence electrons. The molecule has 1 aromatic heterocycles. The van der Waals surface area contributed by atoms with Gasteiger partial charge in [0.25, 0.3) is 0 Å². The van der Waals surface area contributed by atoms with Crippen LogP contribution >= 0.6 is 23.2 Å². The molecule has 0 amide bonds. The first-order valence-corrected chi connectivity index (χ1v) is 7.71. The second-order valence-corrected chi connectivity index (χ2v) is 5.37. The molecule has 6 heteroatoms. The van der Waals surface area contributed by atoms with Crippen molar-refractivity contribution in [3.63, 3.8) is 0 Å². The standard InChI is InChI=1S/C15H18Cl2N4/c1-3-6-10-14(18-4-2)19-9-20-15(10)21-13-11(16)7-5-8-12(13)17/h5,7-9H,3-4,6H2,1-2H3,(H2,18,19,20,21). The van der Waals surface area contributed by atoms with Crippen molar-refractivity contribution in [2.75, 3.05) is 17.2 Å². The summed E-state index contributed by atoms with van der Waals surface area (Å²) < 4.78 is 0. The van der Waals surface area contributed by atoms with E-state index in [1.807, 2.05) is 13.0 Å². The van der Waals surface area contributed by atoms with Gasteiger partial charge in [0, 0.05) is 12.1 Å². The number of hydrogen-bond donors (Lipinski definition) is 2. The molecule has 1 heterocycles. The molecule has 0 bridgehead atoms. The Morgan fingerprint density at radius 3 is 2.33 bits per heavy atom. The molecule has 0 aliphatic carbocycles. The first kappa shape index (κ1) is 15.9. The van der Waals surface area contributed by atoms with Crippen molar-refractivity contribution in [2.24, 2.45) is 0 Å². The summed E-state index contributed by atoms with van der Waals surface area (Å²) in [4.78, 5) is 8.64. The highest BCUT2D eigenvalue weighted by Crippen LogP contribution is 2.34. The average molecular weight is 325 g/mol. The van der Waals surface area contributed by atoms with Crippen LogP contribution in [0.25, 0.3) is 0 Å². The van der Waals surface area contributed by atoms with E-state index in [9.17, 15) is 0 Å². The van der Waals surface area contributed by atoms with Crippen LogP contribution < -0.4 is 10.6 Å². The fraction of sp³-hybridized carbons (Fsp3) is 0.333. The molecule has 0 spiro atoms. The Morgan fingerprint density at radius 2 is 1.71 bits per heavy atom. The Labute approximate surface area is 134 Å². The zero-order valence-electron chi connectivity index (χ0n) is 12.1. The van der Waals surface area contributed by atoms with E-state index < -0.39 is 0 Å². The number of hydrogen-bond acceptors (Lipinski definition) is 4. The number of nitrogens with one attached hydrogen (secondary N) is 2. The number of halogens is 2. The van der Waals surface area contributed by atoms with Gasteiger partial charge in [0.15, 0.2) is 0 Å². The Morgan fingerprint density at radius 1 is 1.05 bits per heavy atom. The smallest absolute Gasteiger partial charge is 0.139 e. The Hall–Kier alpha value is -1.52. The third-order valence-corrected chi connectivity index (χ3v) is 3.63. The molecule has 2 N–H and O–H groups in total. The van der Waals surface area contributed by atoms with E-state index in [1.165, 1.54) is 6.33 Å². The Balaban J connectivity index is 2.41. The van der Waals surface area contributed by atoms with E-state index in [0.717, 1.165) is 36.6 Å². The fourth-order valence-electron chi connectivity index (χ4n) is 2.06. The van der Waals surface area contributed by atoms with Gasteiger partial charge in [-0.05, 0) is 25.5 Å². The van der Waals surface area contributed by atoms with E-state index in [2.05, 4.69) is 27.5 Å². The molecule has 0 saturated carbocycles. The molecular formula is C15H18Cl2N4. The van der Waals surface area contributed by atoms with Gasteiger partial charge in [-0.2, -0.15) is 0 Å². The zero-order valence-corrected chi connectivity index (χ0v) is 13.6. The molecule has 0 atom stereocenters. The minimum Gasteiger partial charge on any atom is -0.370 e. The normalized spacial score (nSPS) is 10.5. The lowest BCUT2D eigenvalue weighted by molar-refractivity contribution is 0.902. The maximum atomic E-state index is 6.20. The summed E-state index contributed by atoms with van der Waals surface area (Å²) in [7, 11) is 0. The summed E-state index contributed by atoms with van der Waals surface area (Å²) in [5.41, 5.74) is 1.71. The van der Waals surface area contributed by atoms with E-state index in [4.69, 9.17) is 23.2 Å². The molecular weight excluding hydrogens is 307 g/mol. The maximum Gasteiger partial charge on any atom is 0.139 e. The number of nitrogens with zero attached hydrogens (tertiary/aromatic N) is 2. The van der Waals surface area contributed by atoms with Crippen LogP contribution in [0.4, 0.5) is 17.3 Å². The van der Waals surface area contributed by atoms with Gasteiger partial charge in [-0.1, -0.05) is 42.6 Å². The van der Waals surface area contributed by atoms with Gasteiger partial charge in [-0.15, -0.1) is 0 Å². The van der Waals surface area contributed by atoms with E-state index in [-0.39, 0.29) is 0 Å². The van der Waals surface area contributed by atoms with Gasteiger partial charge in [0.05, 0.1) is 15.7 Å². The van der Waals surface area contributed by atoms with Crippen LogP contribution in [0.15, 0.2) is 24.5 Å². The summed E-state index contributed by atoms with van der Waals surface area (Å²) in [6, 6.07) is 5.40. The number of aromatic nitrogens is 2. The van der Waals surface area contributed by atoms with E-state index >= 15 is 0 Å². The molecule has 0 saturated heterocycles. The van der Waals surface area contributed by atoms with Gasteiger partial charge in [-0.3, -0.25) is 0 Å². The predicted octanol–water partition coefficient (Wildman–Crippen LogP) is 4.91. The maximum absolute atomic E-state index is 6.20. The molecule has 4 nitrogen and oxygen atoms in total. The van der Waals surface area contributed by atoms with Crippen molar-refractivity contribution in [2.45, 2.75) is 26.7 Å². The minimum atomic E-state index is 0.563. The topological polar surface area (TPSA) is 49.8 Å². The number of rotatable bonds is 6. The third kappa shape index (κ3) is 3.77. The molecule has 21 heavy (non-hydrogen) atoms. The quantitative estimate of drug-likeness (QED) is 0.792. The molecule has 0 unspecified atom stereocenters. The zero-order chi connectivity index (χ0) is 15.2. The van der Waals surface area contributed by atoms with Crippen LogP contribution in [0.3, 0.4) is 0 Å². The summed E-state index contributed by atoms with van der Waals surface area (Å²) in [6.07, 6.45) is 3.40. The lowest BCUT2D eigenvalue weighted by Crippen LogP contribution is -2.08. The Kier molecular flexibility index (Phi) is 5.65. The predicted molar refractivity (Wildman–Crippen MR) is 89.9 cm³/mol. The van der Waals surface area contributed by atoms with Crippen LogP contribution in [-0.4, -0.2) is 16.5 Å². The molecule has 0 aliphatic heterocycles. The van der Waals surface area contributed by atoms with Crippen molar-refractivity contribution in [1.29, 1.82) is 0 Å². The van der Waals surface area contributed by atoms with Crippen LogP contribution in [0.5, 0.6) is 0 Å². The highest BCUT2D eigenvalue weighted by molar-refractivity contribution is 6.39. The lowest BCUT2D eigenvalue weighted by Gasteiger charge is -2.16. The van der Waals surface area contributed by atoms with Gasteiger partial charge in [0.1, 0.15) is 18.0 Å². The molecule has 2 aromatic rings. The summed E-state index contributed by atoms with van der Waals surface area (Å²) >= 11 is 12.4. The number of benzene rings is 1. The number of anilines is 3. The van der Waals surface area contributed by atoms with Gasteiger partial charge >= 0.3 is 0 Å². The monoisotopic (exact) mass is 324 g/mol. The highest BCUT2D eigenvalue weighted by atomic mass is 35.5. The minimum absolute atomic E-state index is 0.563. The van der Waals surface area contributed by atoms with Crippen molar-refractivity contribution in [1.82, 2.24) is 9.97 Å². The summed E-state index contributed by atoms with van der Waals surface area (Å²) in [6.45, 7) is 4.96. The first-order chi connectivity index (χ1) is 10.2. The van der Waals surface area contributed by atoms with Crippen LogP contribution in [0.2, 0.25) is 10.0 Å². The highest BCUT2D eigenvalue weighted by Gasteiger charge is 2.13. The van der Waals surface area contributed by atoms with Gasteiger partial charge in [0.2, 0.25) is 0 Å². The first-order valence-electron chi connectivity index (χ1n) is 6.96. The fourth-order valence-corrected chi connectivity index (χ4v) is 2.55. The second-order valence-electron chi connectivity index (χ2n) is 4.55. The largest absolute Gasteiger partial charge is 0.370 e. The van der Waals surface area contributed by atoms with E-state index in [0.29, 0.717) is 15.7 Å². The van der Waals surface area contributed by atoms with E-state index in [1.54, 1.807) is 12.1 Å². The van der Waals surface area contributed by atoms with Gasteiger partial charge < -0.3 is 10.6 Å². The number of para-hydroxylation sites is 1. The molecule has 0 fully saturated rings. The summed E-state index contributed by atoms with van der Waals surface area (Å²) in [5, 5.41) is 7.62. The molecule has 2 rings (SSSR count). The van der Waals surface area contributed by atoms with Crippen LogP contribution in [-0.2, 0) is 6.42 Å². The summed E-state index contributed by atoms with van der Waals surface area (Å²) in [5.74, 6) is 1.58. The second kappa shape index (κ2) is 7.48. The van der Waals surface area contributed by atoms with Crippen molar-refractivity contribution < 1.29 is 0 Å². The Bertz CT molecular complexity index is 596. The molecule has 1 aromatic carbocycles. The average Bonchev–Trinajstić information content (AvgIpc) is 2.46. The van der Waals surface area contributed by atoms with Gasteiger partial charge in [-0.25, -0.2) is 9.97 Å². The van der Waals surface area contributed by atoms with Crippen LogP contribution in [0.1, 0.15) is 25.8 Å². The molecule has 0 aliphatic rings. The SMILES string of the molecule is CCCc1c(NCC)ncnc1Nc1c(Cl)cccc1Cl. The lowest BCUT2D eigenvalue weighted by atomic mass is 10.1. The van der Waals surface area contributed by atoms with Crippen LogP contribution in [0, 0.1) is 0 Å². The third-order valence-electron chi connectivity index (χ3n) is 3.00. The molecule has 0 radical (unpaired) electrons. The van der Waals surface area contributed by atoms with Crippen molar-refractivity contribution >= 4 is 40.5 Å². The van der Waals surface area contributed by atoms with Crippen molar-refractivity contribution in [3.05, 3.63) is 40.1 Å².